The van der Waals surface area contributed by atoms with E-state index in [1.807, 2.05) is 12.1 Å². The van der Waals surface area contributed by atoms with Crippen molar-refractivity contribution in [3.63, 3.8) is 0 Å². The first-order valence-corrected chi connectivity index (χ1v) is 6.92. The van der Waals surface area contributed by atoms with E-state index in [4.69, 9.17) is 21.6 Å². The minimum absolute atomic E-state index is 0.470. The monoisotopic (exact) mass is 300 g/mol. The summed E-state index contributed by atoms with van der Waals surface area (Å²) in [6, 6.07) is 7.54. The average molecular weight is 301 g/mol. The summed E-state index contributed by atoms with van der Waals surface area (Å²) >= 11 is 6.11. The standard InChI is InChI=1S/C15H13ClN4O/c1-21-15-12-8-20(5-4-14(12)18-9-19-15)11-3-2-10(7-17)13(16)6-11/h2-3,6,9H,4-5,8H2,1H3. The molecule has 1 aliphatic rings. The number of benzene rings is 1. The third-order valence-corrected chi connectivity index (χ3v) is 3.91. The van der Waals surface area contributed by atoms with Crippen LogP contribution in [0, 0.1) is 11.3 Å². The zero-order chi connectivity index (χ0) is 14.8. The number of anilines is 1. The van der Waals surface area contributed by atoms with Crippen LogP contribution in [0.25, 0.3) is 0 Å². The molecule has 0 fully saturated rings. The zero-order valence-electron chi connectivity index (χ0n) is 11.5. The summed E-state index contributed by atoms with van der Waals surface area (Å²) in [5.74, 6) is 0.615. The maximum atomic E-state index is 8.94. The predicted molar refractivity (Wildman–Crippen MR) is 79.5 cm³/mol. The van der Waals surface area contributed by atoms with Crippen molar-refractivity contribution >= 4 is 17.3 Å². The maximum Gasteiger partial charge on any atom is 0.221 e. The van der Waals surface area contributed by atoms with Gasteiger partial charge in [0, 0.05) is 18.7 Å². The lowest BCUT2D eigenvalue weighted by atomic mass is 10.1. The Morgan fingerprint density at radius 2 is 2.24 bits per heavy atom. The highest BCUT2D eigenvalue weighted by molar-refractivity contribution is 6.32. The lowest BCUT2D eigenvalue weighted by Gasteiger charge is -2.30. The quantitative estimate of drug-likeness (QED) is 0.853. The lowest BCUT2D eigenvalue weighted by Crippen LogP contribution is -2.31. The van der Waals surface area contributed by atoms with Crippen molar-refractivity contribution in [2.75, 3.05) is 18.6 Å². The van der Waals surface area contributed by atoms with Crippen LogP contribution in [0.4, 0.5) is 5.69 Å². The van der Waals surface area contributed by atoms with E-state index >= 15 is 0 Å². The molecule has 0 amide bonds. The maximum absolute atomic E-state index is 8.94. The van der Waals surface area contributed by atoms with Gasteiger partial charge in [0.2, 0.25) is 5.88 Å². The number of rotatable bonds is 2. The molecular formula is C15H13ClN4O. The molecule has 3 rings (SSSR count). The van der Waals surface area contributed by atoms with Crippen LogP contribution < -0.4 is 9.64 Å². The molecule has 0 radical (unpaired) electrons. The fourth-order valence-corrected chi connectivity index (χ4v) is 2.72. The van der Waals surface area contributed by atoms with Gasteiger partial charge in [0.25, 0.3) is 0 Å². The Balaban J connectivity index is 1.93. The van der Waals surface area contributed by atoms with Crippen LogP contribution in [-0.4, -0.2) is 23.6 Å². The topological polar surface area (TPSA) is 62.0 Å². The highest BCUT2D eigenvalue weighted by Crippen LogP contribution is 2.30. The predicted octanol–water partition coefficient (Wildman–Crippen LogP) is 2.57. The summed E-state index contributed by atoms with van der Waals surface area (Å²) in [6.45, 7) is 1.51. The fraction of sp³-hybridized carbons (Fsp3) is 0.267. The van der Waals surface area contributed by atoms with Gasteiger partial charge in [-0.1, -0.05) is 11.6 Å². The largest absolute Gasteiger partial charge is 0.481 e. The Hall–Kier alpha value is -2.32. The lowest BCUT2D eigenvalue weighted by molar-refractivity contribution is 0.387. The smallest absolute Gasteiger partial charge is 0.221 e. The molecule has 106 valence electrons. The first-order valence-electron chi connectivity index (χ1n) is 6.54. The van der Waals surface area contributed by atoms with Crippen LogP contribution in [-0.2, 0) is 13.0 Å². The van der Waals surface area contributed by atoms with Gasteiger partial charge in [0.15, 0.2) is 0 Å². The van der Waals surface area contributed by atoms with E-state index in [0.717, 1.165) is 29.9 Å². The highest BCUT2D eigenvalue weighted by Gasteiger charge is 2.22. The summed E-state index contributed by atoms with van der Waals surface area (Å²) < 4.78 is 5.31. The SMILES string of the molecule is COc1ncnc2c1CN(c1ccc(C#N)c(Cl)c1)CC2. The molecule has 0 unspecified atom stereocenters. The Morgan fingerprint density at radius 1 is 1.38 bits per heavy atom. The number of nitrogens with zero attached hydrogens (tertiary/aromatic N) is 4. The van der Waals surface area contributed by atoms with E-state index in [-0.39, 0.29) is 0 Å². The number of ether oxygens (including phenoxy) is 1. The molecule has 0 N–H and O–H groups in total. The minimum Gasteiger partial charge on any atom is -0.481 e. The molecule has 1 aliphatic heterocycles. The summed E-state index contributed by atoms with van der Waals surface area (Å²) in [4.78, 5) is 10.7. The summed E-state index contributed by atoms with van der Waals surface area (Å²) in [5.41, 5.74) is 3.50. The molecule has 21 heavy (non-hydrogen) atoms. The number of halogens is 1. The van der Waals surface area contributed by atoms with Crippen molar-refractivity contribution in [2.45, 2.75) is 13.0 Å². The zero-order valence-corrected chi connectivity index (χ0v) is 12.3. The Morgan fingerprint density at radius 3 is 2.95 bits per heavy atom. The first-order chi connectivity index (χ1) is 10.2. The number of aromatic nitrogens is 2. The average Bonchev–Trinajstić information content (AvgIpc) is 2.53. The second kappa shape index (κ2) is 5.58. The molecule has 0 aliphatic carbocycles. The Kier molecular flexibility index (Phi) is 3.63. The minimum atomic E-state index is 0.470. The molecular weight excluding hydrogens is 288 g/mol. The van der Waals surface area contributed by atoms with Gasteiger partial charge in [0.05, 0.1) is 35.5 Å². The van der Waals surface area contributed by atoms with E-state index in [2.05, 4.69) is 20.9 Å². The van der Waals surface area contributed by atoms with Crippen molar-refractivity contribution in [1.82, 2.24) is 9.97 Å². The van der Waals surface area contributed by atoms with Gasteiger partial charge in [-0.15, -0.1) is 0 Å². The Bertz CT molecular complexity index is 712. The number of hydrogen-bond acceptors (Lipinski definition) is 5. The van der Waals surface area contributed by atoms with Crippen LogP contribution in [0.1, 0.15) is 16.8 Å². The normalized spacial score (nSPS) is 13.5. The molecule has 1 aromatic heterocycles. The van der Waals surface area contributed by atoms with Gasteiger partial charge in [-0.2, -0.15) is 5.26 Å². The van der Waals surface area contributed by atoms with Gasteiger partial charge < -0.3 is 9.64 Å². The van der Waals surface area contributed by atoms with Crippen molar-refractivity contribution in [1.29, 1.82) is 5.26 Å². The third-order valence-electron chi connectivity index (χ3n) is 3.59. The van der Waals surface area contributed by atoms with Gasteiger partial charge >= 0.3 is 0 Å². The fourth-order valence-electron chi connectivity index (χ4n) is 2.50. The molecule has 0 spiro atoms. The summed E-state index contributed by atoms with van der Waals surface area (Å²) in [5, 5.41) is 9.41. The second-order valence-electron chi connectivity index (χ2n) is 4.76. The third kappa shape index (κ3) is 2.50. The van der Waals surface area contributed by atoms with Crippen molar-refractivity contribution in [3.8, 4) is 11.9 Å². The molecule has 2 aromatic rings. The van der Waals surface area contributed by atoms with Crippen LogP contribution in [0.3, 0.4) is 0 Å². The second-order valence-corrected chi connectivity index (χ2v) is 5.16. The van der Waals surface area contributed by atoms with Crippen molar-refractivity contribution < 1.29 is 4.74 Å². The number of hydrogen-bond donors (Lipinski definition) is 0. The molecule has 6 heteroatoms. The number of fused-ring (bicyclic) bond motifs is 1. The number of nitriles is 1. The summed E-state index contributed by atoms with van der Waals surface area (Å²) in [6.07, 6.45) is 2.36. The van der Waals surface area contributed by atoms with Crippen LogP contribution >= 0.6 is 11.6 Å². The van der Waals surface area contributed by atoms with Gasteiger partial charge in [0.1, 0.15) is 12.4 Å². The van der Waals surface area contributed by atoms with E-state index < -0.39 is 0 Å². The number of methoxy groups -OCH3 is 1. The van der Waals surface area contributed by atoms with Gasteiger partial charge in [-0.25, -0.2) is 9.97 Å². The van der Waals surface area contributed by atoms with Gasteiger partial charge in [-0.3, -0.25) is 0 Å². The molecule has 0 atom stereocenters. The first kappa shape index (κ1) is 13.7. The van der Waals surface area contributed by atoms with E-state index in [1.165, 1.54) is 6.33 Å². The van der Waals surface area contributed by atoms with Crippen LogP contribution in [0.2, 0.25) is 5.02 Å². The van der Waals surface area contributed by atoms with Crippen molar-refractivity contribution in [2.24, 2.45) is 0 Å². The highest BCUT2D eigenvalue weighted by atomic mass is 35.5. The molecule has 2 heterocycles. The van der Waals surface area contributed by atoms with Gasteiger partial charge in [-0.05, 0) is 18.2 Å². The summed E-state index contributed by atoms with van der Waals surface area (Å²) in [7, 11) is 1.61. The van der Waals surface area contributed by atoms with Crippen LogP contribution in [0.5, 0.6) is 5.88 Å². The van der Waals surface area contributed by atoms with Crippen LogP contribution in [0.15, 0.2) is 24.5 Å². The molecule has 5 nitrogen and oxygen atoms in total. The van der Waals surface area contributed by atoms with E-state index in [9.17, 15) is 0 Å². The molecule has 0 saturated heterocycles. The van der Waals surface area contributed by atoms with E-state index in [1.54, 1.807) is 13.2 Å². The molecule has 0 saturated carbocycles. The van der Waals surface area contributed by atoms with E-state index in [0.29, 0.717) is 23.0 Å². The van der Waals surface area contributed by atoms with Crippen molar-refractivity contribution in [3.05, 3.63) is 46.4 Å². The molecule has 0 bridgehead atoms. The Labute approximate surface area is 127 Å². The molecule has 1 aromatic carbocycles.